The zero-order chi connectivity index (χ0) is 6.27. The highest BCUT2D eigenvalue weighted by Crippen LogP contribution is 2.30. The molecule has 1 heteroatoms. The van der Waals surface area contributed by atoms with Crippen LogP contribution in [0.5, 0.6) is 0 Å². The van der Waals surface area contributed by atoms with Gasteiger partial charge in [0, 0.05) is 6.04 Å². The van der Waals surface area contributed by atoms with Gasteiger partial charge in [0.1, 0.15) is 0 Å². The minimum atomic E-state index is 0.900. The van der Waals surface area contributed by atoms with Crippen LogP contribution in [-0.4, -0.2) is 24.0 Å². The molecular formula is C8H15N. The van der Waals surface area contributed by atoms with E-state index in [4.69, 9.17) is 0 Å². The number of piperidine rings is 3. The fourth-order valence-corrected chi connectivity index (χ4v) is 2.26. The van der Waals surface area contributed by atoms with E-state index in [2.05, 4.69) is 11.8 Å². The Kier molecular flexibility index (Phi) is 1.26. The van der Waals surface area contributed by atoms with Gasteiger partial charge in [0.05, 0.1) is 0 Å². The lowest BCUT2D eigenvalue weighted by molar-refractivity contribution is 0.0594. The molecule has 3 aliphatic rings. The lowest BCUT2D eigenvalue weighted by Crippen LogP contribution is -2.46. The molecule has 1 atom stereocenters. The summed E-state index contributed by atoms with van der Waals surface area (Å²) in [5.74, 6) is 1.09. The second-order valence-electron chi connectivity index (χ2n) is 3.56. The van der Waals surface area contributed by atoms with Crippen LogP contribution in [0, 0.1) is 5.92 Å². The molecule has 1 nitrogen and oxygen atoms in total. The van der Waals surface area contributed by atoms with Crippen molar-refractivity contribution in [2.75, 3.05) is 13.1 Å². The van der Waals surface area contributed by atoms with Crippen LogP contribution in [0.2, 0.25) is 0 Å². The average molecular weight is 125 g/mol. The van der Waals surface area contributed by atoms with E-state index in [1.165, 1.54) is 32.4 Å². The van der Waals surface area contributed by atoms with Gasteiger partial charge >= 0.3 is 0 Å². The molecule has 0 saturated carbocycles. The Labute approximate surface area is 57.0 Å². The first-order valence-electron chi connectivity index (χ1n) is 4.10. The first kappa shape index (κ1) is 5.72. The van der Waals surface area contributed by atoms with Crippen molar-refractivity contribution >= 4 is 0 Å². The van der Waals surface area contributed by atoms with E-state index >= 15 is 0 Å². The van der Waals surface area contributed by atoms with Crippen molar-refractivity contribution in [3.8, 4) is 0 Å². The first-order valence-corrected chi connectivity index (χ1v) is 4.10. The minimum Gasteiger partial charge on any atom is -0.301 e. The van der Waals surface area contributed by atoms with E-state index in [0.29, 0.717) is 0 Å². The quantitative estimate of drug-likeness (QED) is 0.474. The van der Waals surface area contributed by atoms with Gasteiger partial charge in [-0.15, -0.1) is 0 Å². The second kappa shape index (κ2) is 1.98. The summed E-state index contributed by atoms with van der Waals surface area (Å²) >= 11 is 0. The van der Waals surface area contributed by atoms with Crippen LogP contribution < -0.4 is 0 Å². The molecule has 0 aromatic heterocycles. The zero-order valence-corrected chi connectivity index (χ0v) is 6.14. The number of fused-ring (bicyclic) bond motifs is 3. The summed E-state index contributed by atoms with van der Waals surface area (Å²) in [7, 11) is 0. The molecule has 0 spiro atoms. The molecule has 3 heterocycles. The smallest absolute Gasteiger partial charge is 0.00695 e. The number of hydrogen-bond donors (Lipinski definition) is 0. The molecule has 3 rings (SSSR count). The van der Waals surface area contributed by atoms with E-state index in [1.807, 2.05) is 0 Å². The first-order chi connectivity index (χ1) is 4.36. The van der Waals surface area contributed by atoms with E-state index in [-0.39, 0.29) is 0 Å². The van der Waals surface area contributed by atoms with Gasteiger partial charge in [0.2, 0.25) is 0 Å². The third kappa shape index (κ3) is 0.877. The summed E-state index contributed by atoms with van der Waals surface area (Å²) in [5, 5.41) is 0. The number of nitrogens with zero attached hydrogens (tertiary/aromatic N) is 1. The average Bonchev–Trinajstić information content (AvgIpc) is 1.90. The highest BCUT2D eigenvalue weighted by Gasteiger charge is 2.30. The van der Waals surface area contributed by atoms with Gasteiger partial charge in [0.25, 0.3) is 0 Å². The molecule has 0 aliphatic carbocycles. The highest BCUT2D eigenvalue weighted by molar-refractivity contribution is 4.84. The molecule has 9 heavy (non-hydrogen) atoms. The van der Waals surface area contributed by atoms with E-state index in [9.17, 15) is 0 Å². The summed E-state index contributed by atoms with van der Waals surface area (Å²) in [6.07, 6.45) is 4.43. The number of hydrogen-bond acceptors (Lipinski definition) is 1. The molecular weight excluding hydrogens is 110 g/mol. The summed E-state index contributed by atoms with van der Waals surface area (Å²) in [6.45, 7) is 5.13. The number of rotatable bonds is 0. The third-order valence-electron chi connectivity index (χ3n) is 2.95. The van der Waals surface area contributed by atoms with Crippen LogP contribution in [-0.2, 0) is 0 Å². The van der Waals surface area contributed by atoms with E-state index in [1.54, 1.807) is 0 Å². The highest BCUT2D eigenvalue weighted by atomic mass is 15.2. The molecule has 2 bridgehead atoms. The van der Waals surface area contributed by atoms with Crippen LogP contribution in [0.1, 0.15) is 26.2 Å². The van der Waals surface area contributed by atoms with Crippen molar-refractivity contribution in [3.63, 3.8) is 0 Å². The van der Waals surface area contributed by atoms with Crippen LogP contribution in [0.15, 0.2) is 0 Å². The van der Waals surface area contributed by atoms with Gasteiger partial charge in [-0.25, -0.2) is 0 Å². The Balaban J connectivity index is 2.06. The van der Waals surface area contributed by atoms with Crippen molar-refractivity contribution in [1.29, 1.82) is 0 Å². The Hall–Kier alpha value is -0.0400. The summed E-state index contributed by atoms with van der Waals surface area (Å²) in [6, 6.07) is 0.900. The molecule has 3 aliphatic heterocycles. The molecule has 3 saturated heterocycles. The zero-order valence-electron chi connectivity index (χ0n) is 6.14. The molecule has 3 fully saturated rings. The Bertz CT molecular complexity index is 103. The van der Waals surface area contributed by atoms with Crippen LogP contribution in [0.3, 0.4) is 0 Å². The summed E-state index contributed by atoms with van der Waals surface area (Å²) in [4.78, 5) is 2.62. The van der Waals surface area contributed by atoms with Crippen molar-refractivity contribution in [2.24, 2.45) is 5.92 Å². The fourth-order valence-electron chi connectivity index (χ4n) is 2.26. The van der Waals surface area contributed by atoms with Crippen LogP contribution >= 0.6 is 0 Å². The van der Waals surface area contributed by atoms with Crippen molar-refractivity contribution in [1.82, 2.24) is 4.90 Å². The standard InChI is InChI=1S/C8H15N/c1-7-6-8-2-4-9(7)5-3-8/h7-8H,2-6H2,1H3/t7-/m0/s1. The minimum absolute atomic E-state index is 0.900. The van der Waals surface area contributed by atoms with Gasteiger partial charge in [-0.2, -0.15) is 0 Å². The second-order valence-corrected chi connectivity index (χ2v) is 3.56. The molecule has 0 radical (unpaired) electrons. The maximum absolute atomic E-state index is 2.62. The molecule has 0 amide bonds. The van der Waals surface area contributed by atoms with Crippen molar-refractivity contribution in [2.45, 2.75) is 32.2 Å². The predicted molar refractivity (Wildman–Crippen MR) is 38.4 cm³/mol. The fraction of sp³-hybridized carbons (Fsp3) is 1.00. The largest absolute Gasteiger partial charge is 0.301 e. The lowest BCUT2D eigenvalue weighted by Gasteiger charge is -2.43. The maximum Gasteiger partial charge on any atom is 0.00695 e. The van der Waals surface area contributed by atoms with Gasteiger partial charge in [0.15, 0.2) is 0 Å². The SMILES string of the molecule is C[C@H]1CC2CCN1CC2. The molecule has 0 aromatic carbocycles. The molecule has 0 unspecified atom stereocenters. The Morgan fingerprint density at radius 1 is 1.22 bits per heavy atom. The van der Waals surface area contributed by atoms with Gasteiger partial charge in [-0.3, -0.25) is 0 Å². The molecule has 0 N–H and O–H groups in total. The Morgan fingerprint density at radius 3 is 2.11 bits per heavy atom. The normalized spacial score (nSPS) is 49.7. The molecule has 52 valence electrons. The van der Waals surface area contributed by atoms with Crippen molar-refractivity contribution in [3.05, 3.63) is 0 Å². The van der Waals surface area contributed by atoms with E-state index < -0.39 is 0 Å². The summed E-state index contributed by atoms with van der Waals surface area (Å²) in [5.41, 5.74) is 0. The molecule has 0 aromatic rings. The monoisotopic (exact) mass is 125 g/mol. The van der Waals surface area contributed by atoms with Crippen molar-refractivity contribution < 1.29 is 0 Å². The summed E-state index contributed by atoms with van der Waals surface area (Å²) < 4.78 is 0. The van der Waals surface area contributed by atoms with Gasteiger partial charge in [-0.1, -0.05) is 0 Å². The van der Waals surface area contributed by atoms with Gasteiger partial charge in [-0.05, 0) is 45.2 Å². The maximum atomic E-state index is 2.62. The third-order valence-corrected chi connectivity index (χ3v) is 2.95. The Morgan fingerprint density at radius 2 is 1.89 bits per heavy atom. The topological polar surface area (TPSA) is 3.24 Å². The van der Waals surface area contributed by atoms with Crippen LogP contribution in [0.4, 0.5) is 0 Å². The van der Waals surface area contributed by atoms with E-state index in [0.717, 1.165) is 12.0 Å². The van der Waals surface area contributed by atoms with Crippen LogP contribution in [0.25, 0.3) is 0 Å². The predicted octanol–water partition coefficient (Wildman–Crippen LogP) is 1.49. The van der Waals surface area contributed by atoms with Gasteiger partial charge < -0.3 is 4.90 Å². The lowest BCUT2D eigenvalue weighted by atomic mass is 9.84.